The Morgan fingerprint density at radius 2 is 2.36 bits per heavy atom. The van der Waals surface area contributed by atoms with Gasteiger partial charge in [0.15, 0.2) is 0 Å². The fourth-order valence-corrected chi connectivity index (χ4v) is 1.18. The molecule has 1 saturated heterocycles. The Bertz CT molecular complexity index is 352. The maximum Gasteiger partial charge on any atom is 0.214 e. The minimum absolute atomic E-state index is 0.115. The van der Waals surface area contributed by atoms with Crippen LogP contribution < -0.4 is 10.5 Å². The summed E-state index contributed by atoms with van der Waals surface area (Å²) in [5, 5.41) is 0. The van der Waals surface area contributed by atoms with Crippen molar-refractivity contribution in [2.75, 3.05) is 13.2 Å². The molecule has 1 aliphatic heterocycles. The number of aromatic nitrogens is 1. The molecule has 5 heteroatoms. The van der Waals surface area contributed by atoms with E-state index in [1.54, 1.807) is 12.1 Å². The van der Waals surface area contributed by atoms with E-state index in [0.29, 0.717) is 24.8 Å². The van der Waals surface area contributed by atoms with Gasteiger partial charge in [-0.2, -0.15) is 0 Å². The van der Waals surface area contributed by atoms with E-state index in [-0.39, 0.29) is 11.1 Å². The summed E-state index contributed by atoms with van der Waals surface area (Å²) in [7, 11) is 0. The average Bonchev–Trinajstić information content (AvgIpc) is 2.12. The molecule has 0 saturated carbocycles. The number of rotatable bonds is 3. The van der Waals surface area contributed by atoms with Crippen molar-refractivity contribution in [3.63, 3.8) is 0 Å². The van der Waals surface area contributed by atoms with Crippen LogP contribution in [0, 0.1) is 0 Å². The molecule has 0 aliphatic carbocycles. The lowest BCUT2D eigenvalue weighted by molar-refractivity contribution is -0.0813. The standard InChI is InChI=1S/C9H10N2O2S/c10-9(14)7-2-1-3-8(11-7)13-6-4-12-5-6/h1-3,6H,4-5H2,(H2,10,14). The Morgan fingerprint density at radius 3 is 2.93 bits per heavy atom. The Hall–Kier alpha value is -1.20. The van der Waals surface area contributed by atoms with Gasteiger partial charge in [-0.25, -0.2) is 4.98 Å². The molecule has 0 bridgehead atoms. The first-order valence-electron chi connectivity index (χ1n) is 4.27. The summed E-state index contributed by atoms with van der Waals surface area (Å²) in [5.74, 6) is 0.545. The first-order valence-corrected chi connectivity index (χ1v) is 4.68. The molecule has 1 fully saturated rings. The van der Waals surface area contributed by atoms with Gasteiger partial charge in [0.2, 0.25) is 5.88 Å². The molecule has 0 unspecified atom stereocenters. The van der Waals surface area contributed by atoms with Crippen molar-refractivity contribution in [1.82, 2.24) is 4.98 Å². The highest BCUT2D eigenvalue weighted by Crippen LogP contribution is 2.13. The van der Waals surface area contributed by atoms with Crippen molar-refractivity contribution in [3.8, 4) is 5.88 Å². The molecular formula is C9H10N2O2S. The summed E-state index contributed by atoms with van der Waals surface area (Å²) in [6, 6.07) is 5.35. The highest BCUT2D eigenvalue weighted by Gasteiger charge is 2.20. The molecule has 1 aromatic heterocycles. The topological polar surface area (TPSA) is 57.4 Å². The van der Waals surface area contributed by atoms with Gasteiger partial charge in [0, 0.05) is 6.07 Å². The van der Waals surface area contributed by atoms with Gasteiger partial charge in [-0.05, 0) is 6.07 Å². The molecule has 0 spiro atoms. The smallest absolute Gasteiger partial charge is 0.214 e. The molecule has 2 heterocycles. The van der Waals surface area contributed by atoms with Crippen LogP contribution in [0.4, 0.5) is 0 Å². The second-order valence-electron chi connectivity index (χ2n) is 3.00. The van der Waals surface area contributed by atoms with Gasteiger partial charge in [0.05, 0.1) is 13.2 Å². The summed E-state index contributed by atoms with van der Waals surface area (Å²) in [4.78, 5) is 4.43. The Kier molecular flexibility index (Phi) is 2.60. The van der Waals surface area contributed by atoms with E-state index in [2.05, 4.69) is 4.98 Å². The van der Waals surface area contributed by atoms with Crippen LogP contribution in [0.15, 0.2) is 18.2 Å². The summed E-state index contributed by atoms with van der Waals surface area (Å²) in [6.07, 6.45) is 0.115. The van der Waals surface area contributed by atoms with E-state index < -0.39 is 0 Å². The molecule has 14 heavy (non-hydrogen) atoms. The Labute approximate surface area is 87.0 Å². The lowest BCUT2D eigenvalue weighted by atomic mass is 10.3. The quantitative estimate of drug-likeness (QED) is 0.736. The molecule has 0 amide bonds. The molecule has 1 aliphatic rings. The molecule has 0 radical (unpaired) electrons. The molecule has 0 aromatic carbocycles. The Balaban J connectivity index is 2.09. The van der Waals surface area contributed by atoms with Crippen molar-refractivity contribution in [3.05, 3.63) is 23.9 Å². The zero-order valence-corrected chi connectivity index (χ0v) is 8.29. The van der Waals surface area contributed by atoms with Crippen LogP contribution in [-0.4, -0.2) is 29.3 Å². The minimum Gasteiger partial charge on any atom is -0.469 e. The predicted molar refractivity (Wildman–Crippen MR) is 55.4 cm³/mol. The van der Waals surface area contributed by atoms with Crippen LogP contribution in [0.2, 0.25) is 0 Å². The third-order valence-corrected chi connectivity index (χ3v) is 2.08. The average molecular weight is 210 g/mol. The van der Waals surface area contributed by atoms with Crippen LogP contribution in [0.25, 0.3) is 0 Å². The molecule has 4 nitrogen and oxygen atoms in total. The largest absolute Gasteiger partial charge is 0.469 e. The molecule has 2 N–H and O–H groups in total. The fourth-order valence-electron chi connectivity index (χ4n) is 1.07. The Morgan fingerprint density at radius 1 is 1.57 bits per heavy atom. The van der Waals surface area contributed by atoms with Crippen LogP contribution in [0.5, 0.6) is 5.88 Å². The number of pyridine rings is 1. The van der Waals surface area contributed by atoms with E-state index in [0.717, 1.165) is 0 Å². The van der Waals surface area contributed by atoms with Crippen molar-refractivity contribution >= 4 is 17.2 Å². The fraction of sp³-hybridized carbons (Fsp3) is 0.333. The number of hydrogen-bond donors (Lipinski definition) is 1. The van der Waals surface area contributed by atoms with Gasteiger partial charge >= 0.3 is 0 Å². The van der Waals surface area contributed by atoms with Crippen molar-refractivity contribution in [2.45, 2.75) is 6.10 Å². The molecule has 0 atom stereocenters. The van der Waals surface area contributed by atoms with Crippen LogP contribution in [-0.2, 0) is 4.74 Å². The SMILES string of the molecule is NC(=S)c1cccc(OC2COC2)n1. The number of nitrogens with two attached hydrogens (primary N) is 1. The van der Waals surface area contributed by atoms with Gasteiger partial charge in [0.25, 0.3) is 0 Å². The van der Waals surface area contributed by atoms with Gasteiger partial charge in [-0.15, -0.1) is 0 Å². The van der Waals surface area contributed by atoms with Crippen LogP contribution >= 0.6 is 12.2 Å². The van der Waals surface area contributed by atoms with E-state index >= 15 is 0 Å². The number of ether oxygens (including phenoxy) is 2. The van der Waals surface area contributed by atoms with E-state index in [1.807, 2.05) is 6.07 Å². The maximum absolute atomic E-state index is 5.49. The minimum atomic E-state index is 0.115. The lowest BCUT2D eigenvalue weighted by Gasteiger charge is -2.26. The van der Waals surface area contributed by atoms with Gasteiger partial charge in [0.1, 0.15) is 16.8 Å². The van der Waals surface area contributed by atoms with Crippen molar-refractivity contribution in [2.24, 2.45) is 5.73 Å². The molecule has 2 rings (SSSR count). The second kappa shape index (κ2) is 3.89. The highest BCUT2D eigenvalue weighted by molar-refractivity contribution is 7.80. The summed E-state index contributed by atoms with van der Waals surface area (Å²) in [6.45, 7) is 1.25. The summed E-state index contributed by atoms with van der Waals surface area (Å²) < 4.78 is 10.5. The van der Waals surface area contributed by atoms with Gasteiger partial charge in [-0.3, -0.25) is 0 Å². The number of thiocarbonyl (C=S) groups is 1. The van der Waals surface area contributed by atoms with E-state index in [1.165, 1.54) is 0 Å². The van der Waals surface area contributed by atoms with Crippen molar-refractivity contribution < 1.29 is 9.47 Å². The molecular weight excluding hydrogens is 200 g/mol. The zero-order chi connectivity index (χ0) is 9.97. The third-order valence-electron chi connectivity index (χ3n) is 1.87. The predicted octanol–water partition coefficient (Wildman–Crippen LogP) is 0.493. The molecule has 74 valence electrons. The van der Waals surface area contributed by atoms with E-state index in [9.17, 15) is 0 Å². The van der Waals surface area contributed by atoms with Crippen LogP contribution in [0.1, 0.15) is 5.69 Å². The van der Waals surface area contributed by atoms with Crippen molar-refractivity contribution in [1.29, 1.82) is 0 Å². The first-order chi connectivity index (χ1) is 6.75. The summed E-state index contributed by atoms with van der Waals surface area (Å²) in [5.41, 5.74) is 6.03. The molecule has 1 aromatic rings. The number of hydrogen-bond acceptors (Lipinski definition) is 4. The normalized spacial score (nSPS) is 16.0. The zero-order valence-electron chi connectivity index (χ0n) is 7.47. The maximum atomic E-state index is 5.49. The summed E-state index contributed by atoms with van der Waals surface area (Å²) >= 11 is 4.81. The highest BCUT2D eigenvalue weighted by atomic mass is 32.1. The number of nitrogens with zero attached hydrogens (tertiary/aromatic N) is 1. The lowest BCUT2D eigenvalue weighted by Crippen LogP contribution is -2.38. The third kappa shape index (κ3) is 2.00. The first kappa shape index (κ1) is 9.36. The van der Waals surface area contributed by atoms with Gasteiger partial charge < -0.3 is 15.2 Å². The van der Waals surface area contributed by atoms with Gasteiger partial charge in [-0.1, -0.05) is 18.3 Å². The second-order valence-corrected chi connectivity index (χ2v) is 3.44. The monoisotopic (exact) mass is 210 g/mol. The van der Waals surface area contributed by atoms with E-state index in [4.69, 9.17) is 27.4 Å². The van der Waals surface area contributed by atoms with Crippen LogP contribution in [0.3, 0.4) is 0 Å².